The lowest BCUT2D eigenvalue weighted by Crippen LogP contribution is -2.27. The highest BCUT2D eigenvalue weighted by atomic mass is 79.9. The second-order valence-corrected chi connectivity index (χ2v) is 7.50. The van der Waals surface area contributed by atoms with Crippen molar-refractivity contribution in [3.63, 3.8) is 0 Å². The Morgan fingerprint density at radius 1 is 1.17 bits per heavy atom. The van der Waals surface area contributed by atoms with E-state index in [4.69, 9.17) is 0 Å². The molecule has 158 valence electrons. The first-order valence-corrected chi connectivity index (χ1v) is 10.1. The second kappa shape index (κ2) is 10.3. The number of hydrazone groups is 1. The molecule has 6 nitrogen and oxygen atoms in total. The Morgan fingerprint density at radius 2 is 1.93 bits per heavy atom. The summed E-state index contributed by atoms with van der Waals surface area (Å²) >= 11 is 3.26. The van der Waals surface area contributed by atoms with Crippen LogP contribution >= 0.6 is 15.9 Å². The summed E-state index contributed by atoms with van der Waals surface area (Å²) < 4.78 is 30.2. The lowest BCUT2D eigenvalue weighted by Gasteiger charge is -2.13. The van der Waals surface area contributed by atoms with Crippen LogP contribution < -0.4 is 10.1 Å². The van der Waals surface area contributed by atoms with Crippen LogP contribution in [0.15, 0.2) is 58.1 Å². The number of nitrogens with zero attached hydrogens (tertiary/aromatic N) is 2. The minimum atomic E-state index is -2.96. The van der Waals surface area contributed by atoms with Crippen molar-refractivity contribution in [2.24, 2.45) is 5.10 Å². The van der Waals surface area contributed by atoms with Crippen LogP contribution in [0.2, 0.25) is 0 Å². The molecule has 0 fully saturated rings. The molecule has 0 saturated carbocycles. The minimum Gasteiger partial charge on any atom is -0.434 e. The molecule has 0 saturated heterocycles. The average molecular weight is 480 g/mol. The topological polar surface area (TPSA) is 71.0 Å². The third kappa shape index (κ3) is 6.09. The molecule has 0 aromatic heterocycles. The molecule has 0 unspecified atom stereocenters. The highest BCUT2D eigenvalue weighted by molar-refractivity contribution is 9.10. The third-order valence-corrected chi connectivity index (χ3v) is 4.97. The minimum absolute atomic E-state index is 0.00847. The lowest BCUT2D eigenvalue weighted by molar-refractivity contribution is -0.133. The van der Waals surface area contributed by atoms with Crippen LogP contribution in [0.4, 0.5) is 8.78 Å². The van der Waals surface area contributed by atoms with Crippen molar-refractivity contribution in [2.45, 2.75) is 32.4 Å². The van der Waals surface area contributed by atoms with Crippen molar-refractivity contribution in [3.8, 4) is 5.75 Å². The lowest BCUT2D eigenvalue weighted by atomic mass is 10.1. The first-order valence-electron chi connectivity index (χ1n) is 9.35. The molecule has 2 aromatic carbocycles. The number of nitrogens with one attached hydrogen (secondary N) is 1. The van der Waals surface area contributed by atoms with Gasteiger partial charge in [0.05, 0.1) is 12.3 Å². The number of carbonyl (C=O) groups is 2. The van der Waals surface area contributed by atoms with Crippen LogP contribution in [0.1, 0.15) is 30.4 Å². The standard InChI is InChI=1S/C21H20BrF2N3O3/c22-16-6-7-18(30-21(23)24)15(12-16)13-25-19(28)8-9-20(29)27-11-10-17(26-27)14-4-2-1-3-5-14/h1-7,12,21H,8-11,13H2,(H,25,28). The molecule has 30 heavy (non-hydrogen) atoms. The molecule has 1 aliphatic rings. The van der Waals surface area contributed by atoms with Crippen molar-refractivity contribution in [3.05, 3.63) is 64.1 Å². The van der Waals surface area contributed by atoms with Crippen LogP contribution in [0.5, 0.6) is 5.75 Å². The number of carbonyl (C=O) groups excluding carboxylic acids is 2. The van der Waals surface area contributed by atoms with Crippen LogP contribution in [0, 0.1) is 0 Å². The number of rotatable bonds is 8. The Labute approximate surface area is 181 Å². The Morgan fingerprint density at radius 3 is 2.67 bits per heavy atom. The van der Waals surface area contributed by atoms with E-state index in [2.05, 4.69) is 31.1 Å². The maximum absolute atomic E-state index is 12.5. The molecule has 1 heterocycles. The van der Waals surface area contributed by atoms with Gasteiger partial charge in [0.15, 0.2) is 0 Å². The van der Waals surface area contributed by atoms with E-state index < -0.39 is 6.61 Å². The number of alkyl halides is 2. The first kappa shape index (κ1) is 21.9. The van der Waals surface area contributed by atoms with Gasteiger partial charge in [-0.3, -0.25) is 9.59 Å². The molecule has 1 aliphatic heterocycles. The number of benzene rings is 2. The van der Waals surface area contributed by atoms with Crippen LogP contribution in [-0.2, 0) is 16.1 Å². The molecule has 0 radical (unpaired) electrons. The molecular formula is C21H20BrF2N3O3. The summed E-state index contributed by atoms with van der Waals surface area (Å²) in [6, 6.07) is 14.2. The van der Waals surface area contributed by atoms with Crippen molar-refractivity contribution in [1.29, 1.82) is 0 Å². The molecule has 0 atom stereocenters. The Kier molecular flexibility index (Phi) is 7.51. The van der Waals surface area contributed by atoms with Crippen LogP contribution in [0.25, 0.3) is 0 Å². The Balaban J connectivity index is 1.49. The summed E-state index contributed by atoms with van der Waals surface area (Å²) in [5.74, 6) is -0.609. The van der Waals surface area contributed by atoms with Gasteiger partial charge in [0.1, 0.15) is 5.75 Å². The molecule has 0 aliphatic carbocycles. The molecule has 1 N–H and O–H groups in total. The van der Waals surface area contributed by atoms with Crippen molar-refractivity contribution < 1.29 is 23.1 Å². The fourth-order valence-electron chi connectivity index (χ4n) is 3.00. The van der Waals surface area contributed by atoms with Crippen molar-refractivity contribution in [2.75, 3.05) is 6.54 Å². The summed E-state index contributed by atoms with van der Waals surface area (Å²) in [6.07, 6.45) is 0.651. The maximum Gasteiger partial charge on any atom is 0.387 e. The highest BCUT2D eigenvalue weighted by Crippen LogP contribution is 2.24. The Hall–Kier alpha value is -2.81. The Bertz CT molecular complexity index is 938. The number of ether oxygens (including phenoxy) is 1. The van der Waals surface area contributed by atoms with Gasteiger partial charge >= 0.3 is 6.61 Å². The number of halogens is 3. The molecule has 9 heteroatoms. The predicted molar refractivity (Wildman–Crippen MR) is 111 cm³/mol. The van der Waals surface area contributed by atoms with E-state index in [9.17, 15) is 18.4 Å². The van der Waals surface area contributed by atoms with Gasteiger partial charge in [0, 0.05) is 35.8 Å². The summed E-state index contributed by atoms with van der Waals surface area (Å²) in [4.78, 5) is 24.5. The summed E-state index contributed by atoms with van der Waals surface area (Å²) in [5.41, 5.74) is 2.22. The SMILES string of the molecule is O=C(CCC(=O)N1CCC(c2ccccc2)=N1)NCc1cc(Br)ccc1OC(F)F. The zero-order valence-corrected chi connectivity index (χ0v) is 17.6. The van der Waals surface area contributed by atoms with E-state index in [0.29, 0.717) is 23.0 Å². The first-order chi connectivity index (χ1) is 14.4. The molecule has 2 amide bonds. The third-order valence-electron chi connectivity index (χ3n) is 4.48. The van der Waals surface area contributed by atoms with Gasteiger partial charge in [-0.2, -0.15) is 13.9 Å². The quantitative estimate of drug-likeness (QED) is 0.619. The van der Waals surface area contributed by atoms with Crippen LogP contribution in [0.3, 0.4) is 0 Å². The predicted octanol–water partition coefficient (Wildman–Crippen LogP) is 4.08. The summed E-state index contributed by atoms with van der Waals surface area (Å²) in [5, 5.41) is 8.37. The van der Waals surface area contributed by atoms with E-state index in [1.807, 2.05) is 30.3 Å². The smallest absolute Gasteiger partial charge is 0.387 e. The van der Waals surface area contributed by atoms with Gasteiger partial charge in [0.25, 0.3) is 0 Å². The maximum atomic E-state index is 12.5. The number of hydrogen-bond donors (Lipinski definition) is 1. The second-order valence-electron chi connectivity index (χ2n) is 6.59. The van der Waals surface area contributed by atoms with Gasteiger partial charge < -0.3 is 10.1 Å². The zero-order chi connectivity index (χ0) is 21.5. The van der Waals surface area contributed by atoms with Crippen LogP contribution in [-0.4, -0.2) is 35.7 Å². The molecule has 0 bridgehead atoms. The molecular weight excluding hydrogens is 460 g/mol. The van der Waals surface area contributed by atoms with Crippen molar-refractivity contribution >= 4 is 33.5 Å². The fraction of sp³-hybridized carbons (Fsp3) is 0.286. The van der Waals surface area contributed by atoms with Gasteiger partial charge in [-0.1, -0.05) is 46.3 Å². The van der Waals surface area contributed by atoms with E-state index in [1.54, 1.807) is 12.1 Å². The fourth-order valence-corrected chi connectivity index (χ4v) is 3.41. The largest absolute Gasteiger partial charge is 0.434 e. The number of hydrogen-bond acceptors (Lipinski definition) is 4. The zero-order valence-electron chi connectivity index (χ0n) is 16.0. The van der Waals surface area contributed by atoms with E-state index in [0.717, 1.165) is 11.3 Å². The molecule has 2 aromatic rings. The van der Waals surface area contributed by atoms with Gasteiger partial charge in [-0.15, -0.1) is 0 Å². The normalized spacial score (nSPS) is 13.3. The number of amides is 2. The monoisotopic (exact) mass is 479 g/mol. The van der Waals surface area contributed by atoms with Gasteiger partial charge in [0.2, 0.25) is 11.8 Å². The summed E-state index contributed by atoms with van der Waals surface area (Å²) in [6.45, 7) is -2.47. The molecule has 0 spiro atoms. The highest BCUT2D eigenvalue weighted by Gasteiger charge is 2.22. The van der Waals surface area contributed by atoms with E-state index >= 15 is 0 Å². The van der Waals surface area contributed by atoms with E-state index in [1.165, 1.54) is 11.1 Å². The van der Waals surface area contributed by atoms with Gasteiger partial charge in [-0.05, 0) is 23.8 Å². The molecule has 3 rings (SSSR count). The van der Waals surface area contributed by atoms with E-state index in [-0.39, 0.29) is 37.0 Å². The average Bonchev–Trinajstić information content (AvgIpc) is 3.23. The summed E-state index contributed by atoms with van der Waals surface area (Å²) in [7, 11) is 0. The van der Waals surface area contributed by atoms with Crippen molar-refractivity contribution in [1.82, 2.24) is 10.3 Å². The van der Waals surface area contributed by atoms with Gasteiger partial charge in [-0.25, -0.2) is 5.01 Å².